The monoisotopic (exact) mass is 345 g/mol. The molecule has 4 nitrogen and oxygen atoms in total. The quantitative estimate of drug-likeness (QED) is 0.922. The van der Waals surface area contributed by atoms with Crippen LogP contribution in [0.15, 0.2) is 42.5 Å². The second-order valence-electron chi connectivity index (χ2n) is 7.40. The molecule has 0 aliphatic carbocycles. The fourth-order valence-electron chi connectivity index (χ4n) is 2.70. The summed E-state index contributed by atoms with van der Waals surface area (Å²) in [6.07, 6.45) is 0. The topological polar surface area (TPSA) is 55.4 Å². The van der Waals surface area contributed by atoms with E-state index in [1.807, 2.05) is 42.5 Å². The molecule has 1 aliphatic rings. The Bertz CT molecular complexity index is 834. The predicted molar refractivity (Wildman–Crippen MR) is 96.3 cm³/mol. The highest BCUT2D eigenvalue weighted by molar-refractivity contribution is 7.88. The zero-order valence-corrected chi connectivity index (χ0v) is 15.1. The minimum Gasteiger partial charge on any atom is -0.493 e. The van der Waals surface area contributed by atoms with Gasteiger partial charge in [0, 0.05) is 6.54 Å². The van der Waals surface area contributed by atoms with E-state index in [-0.39, 0.29) is 11.2 Å². The third-order valence-corrected chi connectivity index (χ3v) is 5.18. The van der Waals surface area contributed by atoms with E-state index in [2.05, 4.69) is 25.5 Å². The van der Waals surface area contributed by atoms with Gasteiger partial charge in [-0.25, -0.2) is 13.1 Å². The van der Waals surface area contributed by atoms with Gasteiger partial charge in [0.1, 0.15) is 5.75 Å². The maximum Gasteiger partial charge on any atom is 0.216 e. The second-order valence-corrected chi connectivity index (χ2v) is 9.20. The molecule has 5 heteroatoms. The molecule has 2 aromatic carbocycles. The largest absolute Gasteiger partial charge is 0.493 e. The first-order chi connectivity index (χ1) is 11.2. The first-order valence-electron chi connectivity index (χ1n) is 8.05. The lowest BCUT2D eigenvalue weighted by atomic mass is 9.96. The van der Waals surface area contributed by atoms with Crippen LogP contribution in [-0.2, 0) is 22.3 Å². The number of hydrogen-bond acceptors (Lipinski definition) is 3. The Morgan fingerprint density at radius 1 is 1.08 bits per heavy atom. The summed E-state index contributed by atoms with van der Waals surface area (Å²) in [7, 11) is -3.23. The third kappa shape index (κ3) is 3.97. The van der Waals surface area contributed by atoms with Gasteiger partial charge < -0.3 is 4.74 Å². The molecule has 0 bridgehead atoms. The normalized spacial score (nSPS) is 16.5. The van der Waals surface area contributed by atoms with E-state index in [1.165, 1.54) is 0 Å². The van der Waals surface area contributed by atoms with E-state index >= 15 is 0 Å². The van der Waals surface area contributed by atoms with E-state index in [0.717, 1.165) is 28.0 Å². The van der Waals surface area contributed by atoms with Crippen molar-refractivity contribution in [2.24, 2.45) is 5.41 Å². The van der Waals surface area contributed by atoms with Crippen molar-refractivity contribution < 1.29 is 13.2 Å². The van der Waals surface area contributed by atoms with E-state index in [0.29, 0.717) is 13.2 Å². The highest BCUT2D eigenvalue weighted by Gasteiger charge is 2.23. The molecule has 0 atom stereocenters. The molecule has 0 unspecified atom stereocenters. The van der Waals surface area contributed by atoms with Crippen molar-refractivity contribution in [1.29, 1.82) is 0 Å². The second kappa shape index (κ2) is 6.22. The van der Waals surface area contributed by atoms with Crippen LogP contribution in [-0.4, -0.2) is 15.0 Å². The van der Waals surface area contributed by atoms with Crippen LogP contribution < -0.4 is 9.46 Å². The highest BCUT2D eigenvalue weighted by Crippen LogP contribution is 2.31. The van der Waals surface area contributed by atoms with Crippen LogP contribution in [0, 0.1) is 5.41 Å². The molecular weight excluding hydrogens is 322 g/mol. The Balaban J connectivity index is 1.88. The van der Waals surface area contributed by atoms with Gasteiger partial charge in [-0.15, -0.1) is 0 Å². The van der Waals surface area contributed by atoms with Crippen LogP contribution in [0.3, 0.4) is 0 Å². The standard InChI is InChI=1S/C19H23NO3S/c1-19(2,3)13-23-16-9-7-14(8-10-16)17-6-4-5-15-11-20-24(21,22)12-18(15)17/h4-10,20H,11-13H2,1-3H3. The van der Waals surface area contributed by atoms with Gasteiger partial charge in [-0.05, 0) is 39.8 Å². The molecule has 1 aliphatic heterocycles. The molecule has 0 amide bonds. The van der Waals surface area contributed by atoms with Gasteiger partial charge in [0.05, 0.1) is 12.4 Å². The molecule has 0 saturated heterocycles. The lowest BCUT2D eigenvalue weighted by molar-refractivity contribution is 0.198. The van der Waals surface area contributed by atoms with E-state index in [9.17, 15) is 8.42 Å². The minimum absolute atomic E-state index is 0.0286. The molecular formula is C19H23NO3S. The summed E-state index contributed by atoms with van der Waals surface area (Å²) in [4.78, 5) is 0. The molecule has 0 fully saturated rings. The molecule has 3 rings (SSSR count). The molecule has 0 spiro atoms. The van der Waals surface area contributed by atoms with Gasteiger partial charge in [0.15, 0.2) is 0 Å². The molecule has 2 aromatic rings. The van der Waals surface area contributed by atoms with E-state index in [4.69, 9.17) is 4.74 Å². The Morgan fingerprint density at radius 2 is 1.79 bits per heavy atom. The third-order valence-electron chi connectivity index (χ3n) is 3.93. The van der Waals surface area contributed by atoms with Crippen LogP contribution in [0.4, 0.5) is 0 Å². The maximum absolute atomic E-state index is 11.9. The summed E-state index contributed by atoms with van der Waals surface area (Å²) in [5, 5.41) is 0. The average molecular weight is 345 g/mol. The first-order valence-corrected chi connectivity index (χ1v) is 9.70. The summed E-state index contributed by atoms with van der Waals surface area (Å²) in [6.45, 7) is 7.40. The molecule has 1 N–H and O–H groups in total. The summed E-state index contributed by atoms with van der Waals surface area (Å²) < 4.78 is 32.2. The van der Waals surface area contributed by atoms with Gasteiger partial charge >= 0.3 is 0 Å². The van der Waals surface area contributed by atoms with Crippen LogP contribution in [0.5, 0.6) is 5.75 Å². The summed E-state index contributed by atoms with van der Waals surface area (Å²) >= 11 is 0. The summed E-state index contributed by atoms with van der Waals surface area (Å²) in [5.41, 5.74) is 4.01. The number of ether oxygens (including phenoxy) is 1. The van der Waals surface area contributed by atoms with Crippen molar-refractivity contribution in [2.45, 2.75) is 33.1 Å². The van der Waals surface area contributed by atoms with Gasteiger partial charge in [0.2, 0.25) is 10.0 Å². The molecule has 24 heavy (non-hydrogen) atoms. The van der Waals surface area contributed by atoms with Crippen LogP contribution in [0.25, 0.3) is 11.1 Å². The van der Waals surface area contributed by atoms with Crippen LogP contribution >= 0.6 is 0 Å². The van der Waals surface area contributed by atoms with Gasteiger partial charge in [-0.3, -0.25) is 0 Å². The number of nitrogens with one attached hydrogen (secondary N) is 1. The minimum atomic E-state index is -3.23. The lowest BCUT2D eigenvalue weighted by Gasteiger charge is -2.21. The molecule has 128 valence electrons. The maximum atomic E-state index is 11.9. The molecule has 0 saturated carbocycles. The molecule has 1 heterocycles. The number of hydrogen-bond donors (Lipinski definition) is 1. The van der Waals surface area contributed by atoms with Gasteiger partial charge in [-0.2, -0.15) is 0 Å². The van der Waals surface area contributed by atoms with Crippen molar-refractivity contribution in [2.75, 3.05) is 6.61 Å². The molecule has 0 aromatic heterocycles. The van der Waals surface area contributed by atoms with Crippen LogP contribution in [0.1, 0.15) is 31.9 Å². The number of benzene rings is 2. The summed E-state index contributed by atoms with van der Waals surface area (Å²) in [5.74, 6) is 0.855. The Kier molecular flexibility index (Phi) is 4.40. The number of fused-ring (bicyclic) bond motifs is 1. The highest BCUT2D eigenvalue weighted by atomic mass is 32.2. The van der Waals surface area contributed by atoms with Gasteiger partial charge in [0.25, 0.3) is 0 Å². The zero-order chi connectivity index (χ0) is 17.4. The van der Waals surface area contributed by atoms with Crippen molar-refractivity contribution in [3.05, 3.63) is 53.6 Å². The lowest BCUT2D eigenvalue weighted by Crippen LogP contribution is -2.30. The smallest absolute Gasteiger partial charge is 0.216 e. The van der Waals surface area contributed by atoms with E-state index < -0.39 is 10.0 Å². The van der Waals surface area contributed by atoms with Crippen molar-refractivity contribution in [3.8, 4) is 16.9 Å². The average Bonchev–Trinajstić information content (AvgIpc) is 2.51. The van der Waals surface area contributed by atoms with Crippen molar-refractivity contribution >= 4 is 10.0 Å². The SMILES string of the molecule is CC(C)(C)COc1ccc(-c2cccc3c2CS(=O)(=O)NC3)cc1. The fraction of sp³-hybridized carbons (Fsp3) is 0.368. The summed E-state index contributed by atoms with van der Waals surface area (Å²) in [6, 6.07) is 13.8. The fourth-order valence-corrected chi connectivity index (χ4v) is 3.90. The molecule has 0 radical (unpaired) electrons. The number of rotatable bonds is 3. The predicted octanol–water partition coefficient (Wildman–Crippen LogP) is 3.71. The van der Waals surface area contributed by atoms with Gasteiger partial charge in [-0.1, -0.05) is 51.1 Å². The first kappa shape index (κ1) is 17.0. The Hall–Kier alpha value is -1.85. The Labute approximate surface area is 143 Å². The van der Waals surface area contributed by atoms with Crippen molar-refractivity contribution in [1.82, 2.24) is 4.72 Å². The zero-order valence-electron chi connectivity index (χ0n) is 14.3. The Morgan fingerprint density at radius 3 is 2.46 bits per heavy atom. The van der Waals surface area contributed by atoms with Crippen molar-refractivity contribution in [3.63, 3.8) is 0 Å². The number of sulfonamides is 1. The van der Waals surface area contributed by atoms with Crippen LogP contribution in [0.2, 0.25) is 0 Å². The van der Waals surface area contributed by atoms with E-state index in [1.54, 1.807) is 0 Å².